The fourth-order valence-corrected chi connectivity index (χ4v) is 4.85. The molecule has 0 bridgehead atoms. The Kier molecular flexibility index (Phi) is 5.61. The minimum absolute atomic E-state index is 0.0201. The Bertz CT molecular complexity index is 996. The lowest BCUT2D eigenvalue weighted by atomic mass is 10.0. The number of pyridine rings is 1. The number of thiophene rings is 1. The van der Waals surface area contributed by atoms with Crippen LogP contribution >= 0.6 is 11.3 Å². The summed E-state index contributed by atoms with van der Waals surface area (Å²) in [5, 5.41) is 9.12. The van der Waals surface area contributed by atoms with Crippen LogP contribution in [0.25, 0.3) is 0 Å². The predicted octanol–water partition coefficient (Wildman–Crippen LogP) is 2.42. The normalized spacial score (nSPS) is 17.1. The monoisotopic (exact) mass is 423 g/mol. The number of nitrogens with zero attached hydrogens (tertiary/aromatic N) is 5. The number of carbonyl (C=O) groups excluding carboxylic acids is 1. The zero-order valence-corrected chi connectivity index (χ0v) is 17.7. The average molecular weight is 424 g/mol. The summed E-state index contributed by atoms with van der Waals surface area (Å²) in [6, 6.07) is 8.08. The van der Waals surface area contributed by atoms with E-state index in [1.54, 1.807) is 17.5 Å². The zero-order valence-electron chi connectivity index (χ0n) is 16.9. The van der Waals surface area contributed by atoms with E-state index in [0.717, 1.165) is 37.3 Å². The SMILES string of the molecule is O=C(c1nn(Cc2ccccn2)c2c1CN(Cc1ccsc1)CC2)N1CCOCC1. The summed E-state index contributed by atoms with van der Waals surface area (Å²) >= 11 is 1.72. The summed E-state index contributed by atoms with van der Waals surface area (Å²) in [5.74, 6) is 0.0201. The third-order valence-electron chi connectivity index (χ3n) is 5.74. The first-order valence-corrected chi connectivity index (χ1v) is 11.3. The topological polar surface area (TPSA) is 63.5 Å². The van der Waals surface area contributed by atoms with Gasteiger partial charge in [0.1, 0.15) is 0 Å². The molecule has 0 radical (unpaired) electrons. The van der Waals surface area contributed by atoms with Crippen LogP contribution in [0.15, 0.2) is 41.2 Å². The molecule has 5 heterocycles. The molecule has 3 aromatic heterocycles. The van der Waals surface area contributed by atoms with E-state index in [4.69, 9.17) is 9.84 Å². The Hall–Kier alpha value is -2.55. The number of carbonyl (C=O) groups is 1. The van der Waals surface area contributed by atoms with Crippen LogP contribution in [0, 0.1) is 0 Å². The van der Waals surface area contributed by atoms with Gasteiger partial charge in [0.2, 0.25) is 0 Å². The van der Waals surface area contributed by atoms with Gasteiger partial charge in [0.25, 0.3) is 5.91 Å². The van der Waals surface area contributed by atoms with Crippen LogP contribution in [0.4, 0.5) is 0 Å². The molecule has 30 heavy (non-hydrogen) atoms. The van der Waals surface area contributed by atoms with Crippen molar-refractivity contribution in [2.45, 2.75) is 26.1 Å². The van der Waals surface area contributed by atoms with Crippen LogP contribution in [0.3, 0.4) is 0 Å². The summed E-state index contributed by atoms with van der Waals surface area (Å²) in [5.41, 5.74) is 5.11. The molecule has 156 valence electrons. The second-order valence-corrected chi connectivity index (χ2v) is 8.53. The zero-order chi connectivity index (χ0) is 20.3. The van der Waals surface area contributed by atoms with Crippen LogP contribution in [-0.4, -0.2) is 63.3 Å². The summed E-state index contributed by atoms with van der Waals surface area (Å²) in [4.78, 5) is 22.1. The van der Waals surface area contributed by atoms with Gasteiger partial charge in [-0.25, -0.2) is 0 Å². The van der Waals surface area contributed by atoms with Crippen molar-refractivity contribution >= 4 is 17.2 Å². The lowest BCUT2D eigenvalue weighted by Crippen LogP contribution is -2.41. The Labute approximate surface area is 179 Å². The number of fused-ring (bicyclic) bond motifs is 1. The van der Waals surface area contributed by atoms with Gasteiger partial charge in [0.05, 0.1) is 25.5 Å². The molecule has 0 unspecified atom stereocenters. The van der Waals surface area contributed by atoms with E-state index >= 15 is 0 Å². The number of aromatic nitrogens is 3. The molecule has 2 aliphatic heterocycles. The average Bonchev–Trinajstić information content (AvgIpc) is 3.43. The number of amides is 1. The maximum atomic E-state index is 13.3. The second kappa shape index (κ2) is 8.67. The van der Waals surface area contributed by atoms with Crippen molar-refractivity contribution in [3.05, 3.63) is 69.4 Å². The van der Waals surface area contributed by atoms with Crippen molar-refractivity contribution in [1.29, 1.82) is 0 Å². The molecule has 0 spiro atoms. The molecule has 1 saturated heterocycles. The summed E-state index contributed by atoms with van der Waals surface area (Å²) in [7, 11) is 0. The molecule has 0 saturated carbocycles. The van der Waals surface area contributed by atoms with Gasteiger partial charge in [-0.05, 0) is 34.5 Å². The highest BCUT2D eigenvalue weighted by Gasteiger charge is 2.31. The van der Waals surface area contributed by atoms with E-state index in [-0.39, 0.29) is 5.91 Å². The fraction of sp³-hybridized carbons (Fsp3) is 0.409. The van der Waals surface area contributed by atoms with E-state index < -0.39 is 0 Å². The molecular weight excluding hydrogens is 398 g/mol. The van der Waals surface area contributed by atoms with Gasteiger partial charge in [-0.2, -0.15) is 16.4 Å². The molecular formula is C22H25N5O2S. The standard InChI is InChI=1S/C22H25N5O2S/c28-22(26-8-10-29-11-9-26)21-19-15-25(13-17-5-12-30-16-17)7-4-20(19)27(24-21)14-18-3-1-2-6-23-18/h1-3,5-6,12,16H,4,7-11,13-15H2. The highest BCUT2D eigenvalue weighted by atomic mass is 32.1. The molecule has 0 atom stereocenters. The van der Waals surface area contributed by atoms with Crippen molar-refractivity contribution in [3.63, 3.8) is 0 Å². The molecule has 0 aromatic carbocycles. The van der Waals surface area contributed by atoms with Crippen molar-refractivity contribution in [3.8, 4) is 0 Å². The number of hydrogen-bond acceptors (Lipinski definition) is 6. The molecule has 1 amide bonds. The van der Waals surface area contributed by atoms with Gasteiger partial charge < -0.3 is 9.64 Å². The van der Waals surface area contributed by atoms with E-state index in [1.807, 2.05) is 27.8 Å². The first-order valence-electron chi connectivity index (χ1n) is 10.4. The Morgan fingerprint density at radius 2 is 2.03 bits per heavy atom. The van der Waals surface area contributed by atoms with Gasteiger partial charge in [0.15, 0.2) is 5.69 Å². The minimum Gasteiger partial charge on any atom is -0.378 e. The Morgan fingerprint density at radius 1 is 1.13 bits per heavy atom. The number of morpholine rings is 1. The van der Waals surface area contributed by atoms with Crippen LogP contribution in [0.1, 0.15) is 33.0 Å². The molecule has 0 N–H and O–H groups in total. The summed E-state index contributed by atoms with van der Waals surface area (Å²) < 4.78 is 7.42. The van der Waals surface area contributed by atoms with Gasteiger partial charge in [-0.3, -0.25) is 19.4 Å². The Balaban J connectivity index is 1.45. The van der Waals surface area contributed by atoms with Crippen LogP contribution in [0.2, 0.25) is 0 Å². The smallest absolute Gasteiger partial charge is 0.274 e. The van der Waals surface area contributed by atoms with Crippen LogP contribution in [0.5, 0.6) is 0 Å². The third-order valence-corrected chi connectivity index (χ3v) is 6.47. The maximum Gasteiger partial charge on any atom is 0.274 e. The molecule has 5 rings (SSSR count). The number of hydrogen-bond donors (Lipinski definition) is 0. The van der Waals surface area contributed by atoms with Gasteiger partial charge in [-0.1, -0.05) is 6.07 Å². The predicted molar refractivity (Wildman–Crippen MR) is 114 cm³/mol. The van der Waals surface area contributed by atoms with Crippen molar-refractivity contribution < 1.29 is 9.53 Å². The largest absolute Gasteiger partial charge is 0.378 e. The van der Waals surface area contributed by atoms with Crippen LogP contribution < -0.4 is 0 Å². The second-order valence-electron chi connectivity index (χ2n) is 7.75. The molecule has 2 aliphatic rings. The van der Waals surface area contributed by atoms with Gasteiger partial charge >= 0.3 is 0 Å². The molecule has 0 aliphatic carbocycles. The van der Waals surface area contributed by atoms with Crippen molar-refractivity contribution in [2.24, 2.45) is 0 Å². The minimum atomic E-state index is 0.0201. The summed E-state index contributed by atoms with van der Waals surface area (Å²) in [6.07, 6.45) is 2.68. The lowest BCUT2D eigenvalue weighted by Gasteiger charge is -2.29. The van der Waals surface area contributed by atoms with E-state index in [0.29, 0.717) is 38.5 Å². The van der Waals surface area contributed by atoms with E-state index in [1.165, 1.54) is 11.3 Å². The quantitative estimate of drug-likeness (QED) is 0.631. The lowest BCUT2D eigenvalue weighted by molar-refractivity contribution is 0.0297. The third kappa shape index (κ3) is 4.03. The van der Waals surface area contributed by atoms with Gasteiger partial charge in [0, 0.05) is 56.6 Å². The molecule has 7 nitrogen and oxygen atoms in total. The number of rotatable bonds is 5. The Morgan fingerprint density at radius 3 is 2.80 bits per heavy atom. The highest BCUT2D eigenvalue weighted by Crippen LogP contribution is 2.26. The molecule has 3 aromatic rings. The maximum absolute atomic E-state index is 13.3. The van der Waals surface area contributed by atoms with Crippen LogP contribution in [-0.2, 0) is 30.8 Å². The number of ether oxygens (including phenoxy) is 1. The van der Waals surface area contributed by atoms with Gasteiger partial charge in [-0.15, -0.1) is 0 Å². The first-order chi connectivity index (χ1) is 14.8. The fourth-order valence-electron chi connectivity index (χ4n) is 4.19. The highest BCUT2D eigenvalue weighted by molar-refractivity contribution is 7.07. The summed E-state index contributed by atoms with van der Waals surface area (Å²) in [6.45, 7) is 5.63. The van der Waals surface area contributed by atoms with E-state index in [2.05, 4.69) is 26.7 Å². The molecule has 1 fully saturated rings. The van der Waals surface area contributed by atoms with E-state index in [9.17, 15) is 4.79 Å². The van der Waals surface area contributed by atoms with Crippen molar-refractivity contribution in [1.82, 2.24) is 24.6 Å². The first kappa shape index (κ1) is 19.4. The molecule has 8 heteroatoms. The van der Waals surface area contributed by atoms with Crippen molar-refractivity contribution in [2.75, 3.05) is 32.8 Å².